The highest BCUT2D eigenvalue weighted by Gasteiger charge is 2.48. The van der Waals surface area contributed by atoms with E-state index in [9.17, 15) is 9.18 Å². The molecule has 0 atom stereocenters. The van der Waals surface area contributed by atoms with Gasteiger partial charge in [0, 0.05) is 11.1 Å². The molecule has 3 rings (SSSR count). The molecule has 0 aromatic heterocycles. The lowest BCUT2D eigenvalue weighted by Crippen LogP contribution is -2.14. The first-order chi connectivity index (χ1) is 9.70. The van der Waals surface area contributed by atoms with Gasteiger partial charge in [-0.1, -0.05) is 30.0 Å². The van der Waals surface area contributed by atoms with Crippen molar-refractivity contribution < 1.29 is 9.18 Å². The van der Waals surface area contributed by atoms with Crippen molar-refractivity contribution in [3.8, 4) is 11.8 Å². The van der Waals surface area contributed by atoms with Gasteiger partial charge in [-0.05, 0) is 49.2 Å². The molecule has 0 spiro atoms. The predicted molar refractivity (Wildman–Crippen MR) is 75.7 cm³/mol. The van der Waals surface area contributed by atoms with Gasteiger partial charge in [0.05, 0.1) is 5.41 Å². The molecular weight excluding hydrogens is 251 g/mol. The van der Waals surface area contributed by atoms with Crippen LogP contribution in [0.1, 0.15) is 28.8 Å². The standard InChI is InChI=1S/C18H13FO/c19-16-8-6-15(7-9-16)17(20)18(12-13-18)11-10-14-4-2-1-3-5-14/h1-9H,12-13H2. The second-order valence-corrected chi connectivity index (χ2v) is 5.03. The van der Waals surface area contributed by atoms with Crippen LogP contribution in [0.4, 0.5) is 4.39 Å². The quantitative estimate of drug-likeness (QED) is 0.595. The fourth-order valence-electron chi connectivity index (χ4n) is 2.12. The van der Waals surface area contributed by atoms with E-state index in [1.165, 1.54) is 24.3 Å². The van der Waals surface area contributed by atoms with Crippen LogP contribution < -0.4 is 0 Å². The summed E-state index contributed by atoms with van der Waals surface area (Å²) in [6.45, 7) is 0. The summed E-state index contributed by atoms with van der Waals surface area (Å²) < 4.78 is 12.9. The van der Waals surface area contributed by atoms with E-state index in [-0.39, 0.29) is 11.6 Å². The van der Waals surface area contributed by atoms with Gasteiger partial charge in [0.15, 0.2) is 5.78 Å². The Kier molecular flexibility index (Phi) is 3.12. The summed E-state index contributed by atoms with van der Waals surface area (Å²) in [6, 6.07) is 15.3. The van der Waals surface area contributed by atoms with Gasteiger partial charge in [0.1, 0.15) is 5.82 Å². The Labute approximate surface area is 117 Å². The average molecular weight is 264 g/mol. The lowest BCUT2D eigenvalue weighted by atomic mass is 9.95. The van der Waals surface area contributed by atoms with Crippen LogP contribution in [0, 0.1) is 23.1 Å². The lowest BCUT2D eigenvalue weighted by molar-refractivity contribution is 0.0935. The number of hydrogen-bond acceptors (Lipinski definition) is 1. The average Bonchev–Trinajstić information content (AvgIpc) is 3.28. The van der Waals surface area contributed by atoms with Crippen LogP contribution in [0.2, 0.25) is 0 Å². The molecule has 2 aromatic rings. The third-order valence-electron chi connectivity index (χ3n) is 3.51. The molecular formula is C18H13FO. The Bertz CT molecular complexity index is 686. The summed E-state index contributed by atoms with van der Waals surface area (Å²) in [7, 11) is 0. The second-order valence-electron chi connectivity index (χ2n) is 5.03. The van der Waals surface area contributed by atoms with Crippen LogP contribution in [-0.2, 0) is 0 Å². The number of rotatable bonds is 2. The van der Waals surface area contributed by atoms with Gasteiger partial charge in [-0.3, -0.25) is 4.79 Å². The Morgan fingerprint density at radius 3 is 2.25 bits per heavy atom. The number of benzene rings is 2. The van der Waals surface area contributed by atoms with Crippen LogP contribution in [0.5, 0.6) is 0 Å². The normalized spacial score (nSPS) is 15.1. The molecule has 1 aliphatic carbocycles. The second kappa shape index (κ2) is 4.94. The Morgan fingerprint density at radius 2 is 1.65 bits per heavy atom. The molecule has 2 aromatic carbocycles. The molecule has 0 amide bonds. The summed E-state index contributed by atoms with van der Waals surface area (Å²) in [5.74, 6) is 5.84. The first-order valence-electron chi connectivity index (χ1n) is 6.58. The first kappa shape index (κ1) is 12.6. The molecule has 0 saturated heterocycles. The van der Waals surface area contributed by atoms with Crippen molar-refractivity contribution in [3.63, 3.8) is 0 Å². The van der Waals surface area contributed by atoms with Crippen LogP contribution in [0.15, 0.2) is 54.6 Å². The van der Waals surface area contributed by atoms with Crippen molar-refractivity contribution in [1.82, 2.24) is 0 Å². The van der Waals surface area contributed by atoms with Gasteiger partial charge in [-0.2, -0.15) is 0 Å². The minimum atomic E-state index is -0.562. The minimum absolute atomic E-state index is 0.000862. The van der Waals surface area contributed by atoms with Crippen LogP contribution >= 0.6 is 0 Å². The fourth-order valence-corrected chi connectivity index (χ4v) is 2.12. The molecule has 0 radical (unpaired) electrons. The monoisotopic (exact) mass is 264 g/mol. The van der Waals surface area contributed by atoms with E-state index in [1.807, 2.05) is 30.3 Å². The van der Waals surface area contributed by atoms with E-state index in [0.717, 1.165) is 18.4 Å². The topological polar surface area (TPSA) is 17.1 Å². The Morgan fingerprint density at radius 1 is 1.00 bits per heavy atom. The zero-order chi connectivity index (χ0) is 14.0. The fraction of sp³-hybridized carbons (Fsp3) is 0.167. The molecule has 1 nitrogen and oxygen atoms in total. The van der Waals surface area contributed by atoms with Crippen LogP contribution in [0.25, 0.3) is 0 Å². The first-order valence-corrected chi connectivity index (χ1v) is 6.58. The highest BCUT2D eigenvalue weighted by molar-refractivity contribution is 6.04. The van der Waals surface area contributed by atoms with Gasteiger partial charge in [0.25, 0.3) is 0 Å². The van der Waals surface area contributed by atoms with Crippen molar-refractivity contribution in [1.29, 1.82) is 0 Å². The molecule has 20 heavy (non-hydrogen) atoms. The van der Waals surface area contributed by atoms with Crippen molar-refractivity contribution in [2.24, 2.45) is 5.41 Å². The van der Waals surface area contributed by atoms with Crippen LogP contribution in [0.3, 0.4) is 0 Å². The smallest absolute Gasteiger partial charge is 0.180 e. The lowest BCUT2D eigenvalue weighted by Gasteiger charge is -2.06. The van der Waals surface area contributed by atoms with Crippen molar-refractivity contribution in [2.45, 2.75) is 12.8 Å². The number of ketones is 1. The Balaban J connectivity index is 1.85. The molecule has 1 aliphatic rings. The highest BCUT2D eigenvalue weighted by Crippen LogP contribution is 2.47. The van der Waals surface area contributed by atoms with E-state index in [0.29, 0.717) is 5.56 Å². The molecule has 98 valence electrons. The summed E-state index contributed by atoms with van der Waals surface area (Å²) in [6.07, 6.45) is 1.56. The molecule has 0 N–H and O–H groups in total. The number of hydrogen-bond donors (Lipinski definition) is 0. The number of carbonyl (C=O) groups excluding carboxylic acids is 1. The van der Waals surface area contributed by atoms with Gasteiger partial charge in [0.2, 0.25) is 0 Å². The molecule has 0 heterocycles. The SMILES string of the molecule is O=C(c1ccc(F)cc1)C1(C#Cc2ccccc2)CC1. The minimum Gasteiger partial charge on any atom is -0.292 e. The van der Waals surface area contributed by atoms with Gasteiger partial charge < -0.3 is 0 Å². The van der Waals surface area contributed by atoms with E-state index in [2.05, 4.69) is 11.8 Å². The maximum atomic E-state index is 12.9. The van der Waals surface area contributed by atoms with E-state index in [4.69, 9.17) is 0 Å². The maximum absolute atomic E-state index is 12.9. The molecule has 2 heteroatoms. The van der Waals surface area contributed by atoms with Crippen molar-refractivity contribution in [2.75, 3.05) is 0 Å². The molecule has 1 saturated carbocycles. The summed E-state index contributed by atoms with van der Waals surface area (Å²) in [5.41, 5.74) is 0.880. The molecule has 0 bridgehead atoms. The third kappa shape index (κ3) is 2.48. The Hall–Kier alpha value is -2.40. The van der Waals surface area contributed by atoms with Crippen molar-refractivity contribution >= 4 is 5.78 Å². The van der Waals surface area contributed by atoms with E-state index in [1.54, 1.807) is 0 Å². The summed E-state index contributed by atoms with van der Waals surface area (Å²) >= 11 is 0. The number of Topliss-reactive ketones (excluding diaryl/α,β-unsaturated/α-hetero) is 1. The summed E-state index contributed by atoms with van der Waals surface area (Å²) in [5, 5.41) is 0. The molecule has 1 fully saturated rings. The third-order valence-corrected chi connectivity index (χ3v) is 3.51. The number of halogens is 1. The van der Waals surface area contributed by atoms with Gasteiger partial charge >= 0.3 is 0 Å². The summed E-state index contributed by atoms with van der Waals surface area (Å²) in [4.78, 5) is 12.4. The van der Waals surface area contributed by atoms with E-state index >= 15 is 0 Å². The number of carbonyl (C=O) groups is 1. The zero-order valence-electron chi connectivity index (χ0n) is 10.9. The van der Waals surface area contributed by atoms with Crippen molar-refractivity contribution in [3.05, 3.63) is 71.5 Å². The largest absolute Gasteiger partial charge is 0.292 e. The van der Waals surface area contributed by atoms with E-state index < -0.39 is 5.41 Å². The molecule has 0 unspecified atom stereocenters. The van der Waals surface area contributed by atoms with Gasteiger partial charge in [-0.15, -0.1) is 0 Å². The predicted octanol–water partition coefficient (Wildman–Crippen LogP) is 3.84. The zero-order valence-corrected chi connectivity index (χ0v) is 10.9. The van der Waals surface area contributed by atoms with Gasteiger partial charge in [-0.25, -0.2) is 4.39 Å². The maximum Gasteiger partial charge on any atom is 0.180 e. The van der Waals surface area contributed by atoms with Crippen LogP contribution in [-0.4, -0.2) is 5.78 Å². The molecule has 0 aliphatic heterocycles. The highest BCUT2D eigenvalue weighted by atomic mass is 19.1.